The molecule has 1 aromatic heterocycles. The summed E-state index contributed by atoms with van der Waals surface area (Å²) in [5.74, 6) is 0.749. The van der Waals surface area contributed by atoms with E-state index in [1.54, 1.807) is 0 Å². The number of anilines is 1. The monoisotopic (exact) mass is 221 g/mol. The summed E-state index contributed by atoms with van der Waals surface area (Å²) in [5, 5.41) is 3.24. The SMILES string of the molecule is CCCCCCCCNc1ncc(C)cn1. The smallest absolute Gasteiger partial charge is 0.222 e. The third kappa shape index (κ3) is 5.69. The van der Waals surface area contributed by atoms with Crippen molar-refractivity contribution in [2.45, 2.75) is 52.4 Å². The molecule has 0 unspecified atom stereocenters. The van der Waals surface area contributed by atoms with Crippen molar-refractivity contribution in [2.24, 2.45) is 0 Å². The summed E-state index contributed by atoms with van der Waals surface area (Å²) in [7, 11) is 0. The highest BCUT2D eigenvalue weighted by molar-refractivity contribution is 5.23. The third-order valence-corrected chi connectivity index (χ3v) is 2.59. The number of nitrogens with one attached hydrogen (secondary N) is 1. The van der Waals surface area contributed by atoms with E-state index >= 15 is 0 Å². The highest BCUT2D eigenvalue weighted by atomic mass is 15.1. The van der Waals surface area contributed by atoms with E-state index in [0.717, 1.165) is 18.1 Å². The van der Waals surface area contributed by atoms with E-state index in [4.69, 9.17) is 0 Å². The van der Waals surface area contributed by atoms with Crippen molar-refractivity contribution in [1.82, 2.24) is 9.97 Å². The van der Waals surface area contributed by atoms with E-state index in [9.17, 15) is 0 Å². The fourth-order valence-electron chi connectivity index (χ4n) is 1.59. The molecule has 1 N–H and O–H groups in total. The van der Waals surface area contributed by atoms with E-state index in [1.807, 2.05) is 19.3 Å². The molecule has 16 heavy (non-hydrogen) atoms. The van der Waals surface area contributed by atoms with Gasteiger partial charge in [-0.25, -0.2) is 9.97 Å². The van der Waals surface area contributed by atoms with Crippen LogP contribution in [0.25, 0.3) is 0 Å². The fraction of sp³-hybridized carbons (Fsp3) is 0.692. The van der Waals surface area contributed by atoms with Gasteiger partial charge in [-0.1, -0.05) is 39.0 Å². The second-order valence-electron chi connectivity index (χ2n) is 4.28. The Kier molecular flexibility index (Phi) is 6.54. The molecule has 0 aliphatic heterocycles. The van der Waals surface area contributed by atoms with Gasteiger partial charge in [0.1, 0.15) is 0 Å². The van der Waals surface area contributed by atoms with Gasteiger partial charge in [-0.3, -0.25) is 0 Å². The lowest BCUT2D eigenvalue weighted by Crippen LogP contribution is -2.05. The summed E-state index contributed by atoms with van der Waals surface area (Å²) in [5.41, 5.74) is 1.10. The second-order valence-corrected chi connectivity index (χ2v) is 4.28. The highest BCUT2D eigenvalue weighted by Gasteiger charge is 1.94. The minimum absolute atomic E-state index is 0.749. The molecular weight excluding hydrogens is 198 g/mol. The summed E-state index contributed by atoms with van der Waals surface area (Å²) in [6, 6.07) is 0. The summed E-state index contributed by atoms with van der Waals surface area (Å²) < 4.78 is 0. The Morgan fingerprint density at radius 1 is 1.00 bits per heavy atom. The van der Waals surface area contributed by atoms with Gasteiger partial charge in [-0.15, -0.1) is 0 Å². The summed E-state index contributed by atoms with van der Waals surface area (Å²) in [4.78, 5) is 8.41. The van der Waals surface area contributed by atoms with Gasteiger partial charge >= 0.3 is 0 Å². The van der Waals surface area contributed by atoms with Crippen LogP contribution in [0.5, 0.6) is 0 Å². The number of nitrogens with zero attached hydrogens (tertiary/aromatic N) is 2. The first-order valence-electron chi connectivity index (χ1n) is 6.35. The Morgan fingerprint density at radius 3 is 2.31 bits per heavy atom. The molecule has 0 radical (unpaired) electrons. The Balaban J connectivity index is 2.01. The molecular formula is C13H23N3. The Bertz CT molecular complexity index is 269. The summed E-state index contributed by atoms with van der Waals surface area (Å²) in [6.07, 6.45) is 11.6. The van der Waals surface area contributed by atoms with Gasteiger partial charge in [-0.2, -0.15) is 0 Å². The molecule has 1 rings (SSSR count). The third-order valence-electron chi connectivity index (χ3n) is 2.59. The van der Waals surface area contributed by atoms with Crippen LogP contribution in [0.3, 0.4) is 0 Å². The molecule has 0 aliphatic carbocycles. The van der Waals surface area contributed by atoms with E-state index < -0.39 is 0 Å². The van der Waals surface area contributed by atoms with E-state index in [1.165, 1.54) is 38.5 Å². The van der Waals surface area contributed by atoms with Crippen LogP contribution in [0.15, 0.2) is 12.4 Å². The zero-order chi connectivity index (χ0) is 11.6. The van der Waals surface area contributed by atoms with Crippen molar-refractivity contribution in [2.75, 3.05) is 11.9 Å². The molecule has 3 nitrogen and oxygen atoms in total. The molecule has 0 spiro atoms. The maximum atomic E-state index is 4.20. The van der Waals surface area contributed by atoms with Crippen LogP contribution in [-0.4, -0.2) is 16.5 Å². The number of aryl methyl sites for hydroxylation is 1. The average molecular weight is 221 g/mol. The zero-order valence-electron chi connectivity index (χ0n) is 10.5. The maximum absolute atomic E-state index is 4.20. The predicted octanol–water partition coefficient (Wildman–Crippen LogP) is 3.56. The lowest BCUT2D eigenvalue weighted by molar-refractivity contribution is 0.616. The van der Waals surface area contributed by atoms with Crippen LogP contribution < -0.4 is 5.32 Å². The predicted molar refractivity (Wildman–Crippen MR) is 68.6 cm³/mol. The molecule has 0 fully saturated rings. The Hall–Kier alpha value is -1.12. The summed E-state index contributed by atoms with van der Waals surface area (Å²) in [6.45, 7) is 5.23. The van der Waals surface area contributed by atoms with Crippen LogP contribution in [0.1, 0.15) is 51.0 Å². The van der Waals surface area contributed by atoms with Crippen molar-refractivity contribution in [3.8, 4) is 0 Å². The van der Waals surface area contributed by atoms with Crippen LogP contribution in [0.2, 0.25) is 0 Å². The molecule has 3 heteroatoms. The van der Waals surface area contributed by atoms with Crippen molar-refractivity contribution >= 4 is 5.95 Å². The number of hydrogen-bond donors (Lipinski definition) is 1. The number of unbranched alkanes of at least 4 members (excludes halogenated alkanes) is 5. The van der Waals surface area contributed by atoms with Crippen molar-refractivity contribution < 1.29 is 0 Å². The number of aromatic nitrogens is 2. The lowest BCUT2D eigenvalue weighted by Gasteiger charge is -2.04. The van der Waals surface area contributed by atoms with Crippen LogP contribution in [0.4, 0.5) is 5.95 Å². The molecule has 0 bridgehead atoms. The quantitative estimate of drug-likeness (QED) is 0.682. The molecule has 1 aromatic rings. The van der Waals surface area contributed by atoms with Gasteiger partial charge in [-0.05, 0) is 18.9 Å². The molecule has 0 saturated heterocycles. The first-order chi connectivity index (χ1) is 7.83. The van der Waals surface area contributed by atoms with E-state index in [0.29, 0.717) is 0 Å². The molecule has 90 valence electrons. The van der Waals surface area contributed by atoms with E-state index in [2.05, 4.69) is 22.2 Å². The average Bonchev–Trinajstić information content (AvgIpc) is 2.30. The summed E-state index contributed by atoms with van der Waals surface area (Å²) >= 11 is 0. The maximum Gasteiger partial charge on any atom is 0.222 e. The minimum atomic E-state index is 0.749. The van der Waals surface area contributed by atoms with Gasteiger partial charge in [0.15, 0.2) is 0 Å². The molecule has 0 aromatic carbocycles. The topological polar surface area (TPSA) is 37.8 Å². The highest BCUT2D eigenvalue weighted by Crippen LogP contribution is 2.05. The van der Waals surface area contributed by atoms with E-state index in [-0.39, 0.29) is 0 Å². The Labute approximate surface area is 98.7 Å². The van der Waals surface area contributed by atoms with Gasteiger partial charge in [0.25, 0.3) is 0 Å². The molecule has 0 atom stereocenters. The molecule has 0 amide bonds. The number of hydrogen-bond acceptors (Lipinski definition) is 3. The number of rotatable bonds is 8. The van der Waals surface area contributed by atoms with Gasteiger partial charge < -0.3 is 5.32 Å². The molecule has 1 heterocycles. The fourth-order valence-corrected chi connectivity index (χ4v) is 1.59. The van der Waals surface area contributed by atoms with Crippen molar-refractivity contribution in [3.63, 3.8) is 0 Å². The standard InChI is InChI=1S/C13H23N3/c1-3-4-5-6-7-8-9-14-13-15-10-12(2)11-16-13/h10-11H,3-9H2,1-2H3,(H,14,15,16). The van der Waals surface area contributed by atoms with Crippen LogP contribution in [-0.2, 0) is 0 Å². The lowest BCUT2D eigenvalue weighted by atomic mass is 10.1. The zero-order valence-corrected chi connectivity index (χ0v) is 10.5. The largest absolute Gasteiger partial charge is 0.354 e. The van der Waals surface area contributed by atoms with Gasteiger partial charge in [0.2, 0.25) is 5.95 Å². The van der Waals surface area contributed by atoms with Crippen LogP contribution in [0, 0.1) is 6.92 Å². The first-order valence-corrected chi connectivity index (χ1v) is 6.35. The Morgan fingerprint density at radius 2 is 1.62 bits per heavy atom. The molecule has 0 aliphatic rings. The molecule has 0 saturated carbocycles. The van der Waals surface area contributed by atoms with Gasteiger partial charge in [0, 0.05) is 18.9 Å². The van der Waals surface area contributed by atoms with Gasteiger partial charge in [0.05, 0.1) is 0 Å². The minimum Gasteiger partial charge on any atom is -0.354 e. The normalized spacial score (nSPS) is 10.4. The second kappa shape index (κ2) is 8.08. The van der Waals surface area contributed by atoms with Crippen LogP contribution >= 0.6 is 0 Å². The first kappa shape index (κ1) is 12.9. The van der Waals surface area contributed by atoms with Crippen molar-refractivity contribution in [3.05, 3.63) is 18.0 Å². The van der Waals surface area contributed by atoms with Crippen molar-refractivity contribution in [1.29, 1.82) is 0 Å².